The molecule has 0 aliphatic rings. The number of rotatable bonds is 5. The number of nitrogens with one attached hydrogen (secondary N) is 1. The lowest BCUT2D eigenvalue weighted by Gasteiger charge is -2.09. The normalized spacial score (nSPS) is 11.1. The first-order valence-electron chi connectivity index (χ1n) is 5.45. The fourth-order valence-electron chi connectivity index (χ4n) is 1.49. The number of benzene rings is 1. The van der Waals surface area contributed by atoms with Gasteiger partial charge in [0.25, 0.3) is 10.0 Å². The zero-order valence-corrected chi connectivity index (χ0v) is 12.3. The molecule has 0 unspecified atom stereocenters. The van der Waals surface area contributed by atoms with Crippen molar-refractivity contribution < 1.29 is 22.3 Å². The first kappa shape index (κ1) is 15.2. The van der Waals surface area contributed by atoms with Crippen molar-refractivity contribution in [2.75, 3.05) is 11.8 Å². The van der Waals surface area contributed by atoms with Gasteiger partial charge in [-0.05, 0) is 29.7 Å². The number of hydrogen-bond donors (Lipinski definition) is 2. The van der Waals surface area contributed by atoms with Crippen molar-refractivity contribution in [1.82, 2.24) is 4.37 Å². The molecule has 0 fully saturated rings. The third-order valence-corrected chi connectivity index (χ3v) is 4.61. The fourth-order valence-corrected chi connectivity index (χ4v) is 3.62. The van der Waals surface area contributed by atoms with E-state index in [4.69, 9.17) is 10.5 Å². The number of nitrogens with zero attached hydrogens (tertiary/aromatic N) is 1. The number of nitrogens with two attached hydrogens (primary N) is 1. The molecule has 1 heterocycles. The quantitative estimate of drug-likeness (QED) is 0.855. The van der Waals surface area contributed by atoms with Gasteiger partial charge < -0.3 is 10.5 Å². The van der Waals surface area contributed by atoms with E-state index in [1.807, 2.05) is 4.72 Å². The van der Waals surface area contributed by atoms with E-state index in [1.54, 1.807) is 0 Å². The van der Waals surface area contributed by atoms with Gasteiger partial charge in [0, 0.05) is 10.9 Å². The maximum absolute atomic E-state index is 13.7. The molecule has 0 aliphatic heterocycles. The summed E-state index contributed by atoms with van der Waals surface area (Å²) < 4.78 is 48.6. The highest BCUT2D eigenvalue weighted by Crippen LogP contribution is 2.27. The van der Waals surface area contributed by atoms with E-state index in [-0.39, 0.29) is 22.0 Å². The average Bonchev–Trinajstić information content (AvgIpc) is 2.90. The van der Waals surface area contributed by atoms with Gasteiger partial charge >= 0.3 is 0 Å². The van der Waals surface area contributed by atoms with Crippen molar-refractivity contribution in [2.45, 2.75) is 4.90 Å². The van der Waals surface area contributed by atoms with Crippen LogP contribution in [0.1, 0.15) is 10.4 Å². The van der Waals surface area contributed by atoms with Crippen LogP contribution in [0.3, 0.4) is 0 Å². The zero-order chi connectivity index (χ0) is 15.6. The number of primary amides is 1. The highest BCUT2D eigenvalue weighted by molar-refractivity contribution is 7.93. The van der Waals surface area contributed by atoms with E-state index in [0.29, 0.717) is 0 Å². The van der Waals surface area contributed by atoms with Crippen LogP contribution in [0.4, 0.5) is 10.1 Å². The van der Waals surface area contributed by atoms with Crippen LogP contribution in [0.15, 0.2) is 28.5 Å². The molecule has 0 atom stereocenters. The van der Waals surface area contributed by atoms with Gasteiger partial charge in [-0.2, -0.15) is 4.37 Å². The Morgan fingerprint density at radius 1 is 1.48 bits per heavy atom. The SMILES string of the molecule is COc1nscc1S(=O)(=O)Nc1cc(C(N)=O)ccc1F. The number of aromatic nitrogens is 1. The number of amides is 1. The first-order valence-corrected chi connectivity index (χ1v) is 7.77. The summed E-state index contributed by atoms with van der Waals surface area (Å²) in [6, 6.07) is 3.12. The van der Waals surface area contributed by atoms with Gasteiger partial charge in [-0.15, -0.1) is 0 Å². The topological polar surface area (TPSA) is 111 Å². The molecule has 0 spiro atoms. The number of hydrogen-bond acceptors (Lipinski definition) is 6. The van der Waals surface area contributed by atoms with Crippen molar-refractivity contribution in [3.63, 3.8) is 0 Å². The summed E-state index contributed by atoms with van der Waals surface area (Å²) >= 11 is 0.878. The molecule has 0 bridgehead atoms. The van der Waals surface area contributed by atoms with Gasteiger partial charge in [-0.1, -0.05) is 0 Å². The van der Waals surface area contributed by atoms with Crippen molar-refractivity contribution in [3.8, 4) is 5.88 Å². The molecule has 1 amide bonds. The number of halogens is 1. The van der Waals surface area contributed by atoms with E-state index >= 15 is 0 Å². The Hall–Kier alpha value is -2.20. The number of carbonyl (C=O) groups excluding carboxylic acids is 1. The molecule has 0 saturated heterocycles. The molecule has 3 N–H and O–H groups in total. The Morgan fingerprint density at radius 3 is 2.81 bits per heavy atom. The van der Waals surface area contributed by atoms with Crippen LogP contribution >= 0.6 is 11.5 Å². The highest BCUT2D eigenvalue weighted by atomic mass is 32.2. The van der Waals surface area contributed by atoms with Crippen LogP contribution in [0.5, 0.6) is 5.88 Å². The third-order valence-electron chi connectivity index (χ3n) is 2.48. The minimum Gasteiger partial charge on any atom is -0.479 e. The second-order valence-corrected chi connectivity index (χ2v) is 6.13. The summed E-state index contributed by atoms with van der Waals surface area (Å²) in [5.74, 6) is -1.74. The molecule has 7 nitrogen and oxygen atoms in total. The molecule has 112 valence electrons. The van der Waals surface area contributed by atoms with Crippen LogP contribution in [0.25, 0.3) is 0 Å². The monoisotopic (exact) mass is 331 g/mol. The van der Waals surface area contributed by atoms with Gasteiger partial charge in [-0.3, -0.25) is 9.52 Å². The Morgan fingerprint density at radius 2 is 2.19 bits per heavy atom. The molecule has 1 aromatic carbocycles. The lowest BCUT2D eigenvalue weighted by atomic mass is 10.2. The number of ether oxygens (including phenoxy) is 1. The maximum Gasteiger partial charge on any atom is 0.268 e. The van der Waals surface area contributed by atoms with E-state index in [9.17, 15) is 17.6 Å². The van der Waals surface area contributed by atoms with Crippen molar-refractivity contribution in [1.29, 1.82) is 0 Å². The zero-order valence-electron chi connectivity index (χ0n) is 10.7. The van der Waals surface area contributed by atoms with E-state index in [2.05, 4.69) is 4.37 Å². The lowest BCUT2D eigenvalue weighted by molar-refractivity contribution is 0.100. The minimum atomic E-state index is -4.10. The Kier molecular flexibility index (Phi) is 4.09. The fraction of sp³-hybridized carbons (Fsp3) is 0.0909. The summed E-state index contributed by atoms with van der Waals surface area (Å²) in [6.07, 6.45) is 0. The largest absolute Gasteiger partial charge is 0.479 e. The molecule has 0 saturated carbocycles. The number of anilines is 1. The summed E-state index contributed by atoms with van der Waals surface area (Å²) in [4.78, 5) is 10.8. The van der Waals surface area contributed by atoms with Crippen molar-refractivity contribution in [3.05, 3.63) is 35.0 Å². The standard InChI is InChI=1S/C11H10FN3O4S2/c1-19-11-9(5-20-14-11)21(17,18)15-8-4-6(10(13)16)2-3-7(8)12/h2-5,15H,1H3,(H2,13,16). The van der Waals surface area contributed by atoms with Gasteiger partial charge in [-0.25, -0.2) is 12.8 Å². The number of methoxy groups -OCH3 is 1. The summed E-state index contributed by atoms with van der Waals surface area (Å²) in [5.41, 5.74) is 4.66. The van der Waals surface area contributed by atoms with Crippen LogP contribution < -0.4 is 15.2 Å². The Balaban J connectivity index is 2.41. The van der Waals surface area contributed by atoms with Gasteiger partial charge in [0.05, 0.1) is 12.8 Å². The number of sulfonamides is 1. The summed E-state index contributed by atoms with van der Waals surface area (Å²) in [7, 11) is -2.83. The van der Waals surface area contributed by atoms with Crippen LogP contribution in [0, 0.1) is 5.82 Å². The Bertz CT molecular complexity index is 789. The van der Waals surface area contributed by atoms with Crippen LogP contribution in [-0.2, 0) is 10.0 Å². The highest BCUT2D eigenvalue weighted by Gasteiger charge is 2.23. The summed E-state index contributed by atoms with van der Waals surface area (Å²) in [6.45, 7) is 0. The van der Waals surface area contributed by atoms with Gasteiger partial charge in [0.15, 0.2) is 4.90 Å². The van der Waals surface area contributed by atoms with Crippen molar-refractivity contribution >= 4 is 33.2 Å². The predicted molar refractivity (Wildman–Crippen MR) is 74.4 cm³/mol. The van der Waals surface area contributed by atoms with Crippen LogP contribution in [-0.4, -0.2) is 25.8 Å². The van der Waals surface area contributed by atoms with E-state index < -0.39 is 21.7 Å². The third kappa shape index (κ3) is 3.11. The molecule has 10 heteroatoms. The Labute approximate surface area is 123 Å². The van der Waals surface area contributed by atoms with Crippen LogP contribution in [0.2, 0.25) is 0 Å². The maximum atomic E-state index is 13.7. The first-order chi connectivity index (χ1) is 9.85. The molecular formula is C11H10FN3O4S2. The van der Waals surface area contributed by atoms with Crippen molar-refractivity contribution in [2.24, 2.45) is 5.73 Å². The smallest absolute Gasteiger partial charge is 0.268 e. The second kappa shape index (κ2) is 5.66. The van der Waals surface area contributed by atoms with Gasteiger partial charge in [0.1, 0.15) is 5.82 Å². The molecule has 21 heavy (non-hydrogen) atoms. The minimum absolute atomic E-state index is 0.0236. The molecule has 2 aromatic rings. The predicted octanol–water partition coefficient (Wildman–Crippen LogP) is 1.19. The molecular weight excluding hydrogens is 321 g/mol. The average molecular weight is 331 g/mol. The van der Waals surface area contributed by atoms with E-state index in [0.717, 1.165) is 29.7 Å². The molecule has 0 radical (unpaired) electrons. The van der Waals surface area contributed by atoms with Gasteiger partial charge in [0.2, 0.25) is 11.8 Å². The number of carbonyl (C=O) groups is 1. The molecule has 1 aromatic heterocycles. The van der Waals surface area contributed by atoms with E-state index in [1.165, 1.54) is 12.5 Å². The molecule has 2 rings (SSSR count). The second-order valence-electron chi connectivity index (χ2n) is 3.85. The lowest BCUT2D eigenvalue weighted by Crippen LogP contribution is -2.16. The molecule has 0 aliphatic carbocycles. The summed E-state index contributed by atoms with van der Waals surface area (Å²) in [5, 5.41) is 1.25.